The molecule has 18 heavy (non-hydrogen) atoms. The van der Waals surface area contributed by atoms with Crippen LogP contribution in [0.5, 0.6) is 0 Å². The van der Waals surface area contributed by atoms with Gasteiger partial charge in [0.05, 0.1) is 12.1 Å². The Morgan fingerprint density at radius 2 is 1.94 bits per heavy atom. The molecular weight excluding hydrogens is 224 g/mol. The highest BCUT2D eigenvalue weighted by Gasteiger charge is 2.49. The van der Waals surface area contributed by atoms with E-state index in [2.05, 4.69) is 24.1 Å². The van der Waals surface area contributed by atoms with Gasteiger partial charge in [-0.05, 0) is 50.9 Å². The molecule has 3 atom stereocenters. The number of aliphatic hydroxyl groups excluding tert-OH is 1. The van der Waals surface area contributed by atoms with Crippen molar-refractivity contribution in [2.45, 2.75) is 63.6 Å². The normalized spacial score (nSPS) is 36.8. The average molecular weight is 252 g/mol. The predicted molar refractivity (Wildman–Crippen MR) is 73.5 cm³/mol. The minimum Gasteiger partial charge on any atom is -0.394 e. The topological polar surface area (TPSA) is 35.5 Å². The molecule has 1 aliphatic heterocycles. The number of hydrogen-bond donors (Lipinski definition) is 2. The molecule has 1 saturated heterocycles. The summed E-state index contributed by atoms with van der Waals surface area (Å²) in [7, 11) is 0. The van der Waals surface area contributed by atoms with Gasteiger partial charge in [0, 0.05) is 25.2 Å². The van der Waals surface area contributed by atoms with Crippen molar-refractivity contribution in [1.29, 1.82) is 0 Å². The van der Waals surface area contributed by atoms with Gasteiger partial charge in [0.15, 0.2) is 0 Å². The lowest BCUT2D eigenvalue weighted by Crippen LogP contribution is -2.59. The molecule has 2 N–H and O–H groups in total. The maximum absolute atomic E-state index is 9.99. The van der Waals surface area contributed by atoms with E-state index in [1.807, 2.05) is 0 Å². The Morgan fingerprint density at radius 1 is 1.22 bits per heavy atom. The van der Waals surface area contributed by atoms with Crippen LogP contribution < -0.4 is 5.32 Å². The molecule has 104 valence electrons. The molecular formula is C15H28N2O. The summed E-state index contributed by atoms with van der Waals surface area (Å²) in [4.78, 5) is 2.61. The lowest BCUT2D eigenvalue weighted by Gasteiger charge is -2.39. The molecule has 1 heterocycles. The minimum atomic E-state index is -0.000509. The maximum Gasteiger partial charge on any atom is 0.0628 e. The second kappa shape index (κ2) is 4.77. The monoisotopic (exact) mass is 252 g/mol. The SMILES string of the molecule is CC1CC(C)N(CC(CO)(NC2CC2)C2CC2)C1. The second-order valence-corrected chi connectivity index (χ2v) is 7.13. The molecule has 3 rings (SSSR count). The van der Waals surface area contributed by atoms with Crippen molar-refractivity contribution >= 4 is 0 Å². The third-order valence-electron chi connectivity index (χ3n) is 5.11. The summed E-state index contributed by atoms with van der Waals surface area (Å²) < 4.78 is 0. The third-order valence-corrected chi connectivity index (χ3v) is 5.11. The van der Waals surface area contributed by atoms with E-state index in [1.165, 1.54) is 38.6 Å². The number of rotatable bonds is 6. The van der Waals surface area contributed by atoms with Crippen molar-refractivity contribution in [3.05, 3.63) is 0 Å². The standard InChI is InChI=1S/C15H28N2O/c1-11-7-12(2)17(8-11)9-15(10-18,13-3-4-13)16-14-5-6-14/h11-14,16,18H,3-10H2,1-2H3. The number of hydrogen-bond acceptors (Lipinski definition) is 3. The van der Waals surface area contributed by atoms with Gasteiger partial charge < -0.3 is 10.4 Å². The first-order valence-corrected chi connectivity index (χ1v) is 7.75. The van der Waals surface area contributed by atoms with Crippen LogP contribution in [-0.2, 0) is 0 Å². The molecule has 0 spiro atoms. The van der Waals surface area contributed by atoms with Crippen LogP contribution in [0.3, 0.4) is 0 Å². The molecule has 2 aliphatic carbocycles. The highest BCUT2D eigenvalue weighted by molar-refractivity contribution is 5.07. The van der Waals surface area contributed by atoms with E-state index >= 15 is 0 Å². The number of nitrogens with one attached hydrogen (secondary N) is 1. The van der Waals surface area contributed by atoms with Crippen molar-refractivity contribution in [2.24, 2.45) is 11.8 Å². The fourth-order valence-electron chi connectivity index (χ4n) is 3.76. The highest BCUT2D eigenvalue weighted by Crippen LogP contribution is 2.42. The van der Waals surface area contributed by atoms with E-state index in [1.54, 1.807) is 0 Å². The van der Waals surface area contributed by atoms with Crippen LogP contribution in [-0.4, -0.2) is 47.3 Å². The summed E-state index contributed by atoms with van der Waals surface area (Å²) in [5.41, 5.74) is -0.000509. The van der Waals surface area contributed by atoms with Gasteiger partial charge in [-0.15, -0.1) is 0 Å². The van der Waals surface area contributed by atoms with E-state index < -0.39 is 0 Å². The van der Waals surface area contributed by atoms with Crippen molar-refractivity contribution < 1.29 is 5.11 Å². The molecule has 0 aromatic carbocycles. The third kappa shape index (κ3) is 2.59. The Kier molecular flexibility index (Phi) is 3.41. The van der Waals surface area contributed by atoms with Gasteiger partial charge in [-0.2, -0.15) is 0 Å². The van der Waals surface area contributed by atoms with E-state index in [0.29, 0.717) is 24.6 Å². The lowest BCUT2D eigenvalue weighted by molar-refractivity contribution is 0.0852. The minimum absolute atomic E-state index is 0.000509. The van der Waals surface area contributed by atoms with E-state index in [9.17, 15) is 5.11 Å². The first-order chi connectivity index (χ1) is 8.63. The zero-order chi connectivity index (χ0) is 12.8. The van der Waals surface area contributed by atoms with Gasteiger partial charge in [0.1, 0.15) is 0 Å². The fourth-order valence-corrected chi connectivity index (χ4v) is 3.76. The van der Waals surface area contributed by atoms with Crippen LogP contribution in [0.2, 0.25) is 0 Å². The van der Waals surface area contributed by atoms with Crippen LogP contribution in [0.1, 0.15) is 46.0 Å². The fraction of sp³-hybridized carbons (Fsp3) is 1.00. The maximum atomic E-state index is 9.99. The Morgan fingerprint density at radius 3 is 2.39 bits per heavy atom. The largest absolute Gasteiger partial charge is 0.394 e. The Balaban J connectivity index is 1.68. The second-order valence-electron chi connectivity index (χ2n) is 7.13. The quantitative estimate of drug-likeness (QED) is 0.754. The van der Waals surface area contributed by atoms with Gasteiger partial charge in [-0.3, -0.25) is 4.90 Å². The van der Waals surface area contributed by atoms with Gasteiger partial charge in [0.25, 0.3) is 0 Å². The van der Waals surface area contributed by atoms with Crippen LogP contribution in [0, 0.1) is 11.8 Å². The van der Waals surface area contributed by atoms with Crippen LogP contribution >= 0.6 is 0 Å². The molecule has 0 aromatic rings. The molecule has 3 unspecified atom stereocenters. The van der Waals surface area contributed by atoms with Crippen LogP contribution in [0.4, 0.5) is 0 Å². The molecule has 3 nitrogen and oxygen atoms in total. The molecule has 0 amide bonds. The first-order valence-electron chi connectivity index (χ1n) is 7.75. The van der Waals surface area contributed by atoms with Gasteiger partial charge in [-0.25, -0.2) is 0 Å². The predicted octanol–water partition coefficient (Wildman–Crippen LogP) is 1.61. The molecule has 3 aliphatic rings. The molecule has 0 aromatic heterocycles. The van der Waals surface area contributed by atoms with Gasteiger partial charge in [-0.1, -0.05) is 6.92 Å². The van der Waals surface area contributed by atoms with E-state index in [4.69, 9.17) is 0 Å². The van der Waals surface area contributed by atoms with Gasteiger partial charge in [0.2, 0.25) is 0 Å². The molecule has 2 saturated carbocycles. The van der Waals surface area contributed by atoms with E-state index in [0.717, 1.165) is 12.5 Å². The van der Waals surface area contributed by atoms with Crippen LogP contribution in [0.25, 0.3) is 0 Å². The van der Waals surface area contributed by atoms with Crippen molar-refractivity contribution in [3.63, 3.8) is 0 Å². The van der Waals surface area contributed by atoms with Crippen molar-refractivity contribution in [3.8, 4) is 0 Å². The summed E-state index contributed by atoms with van der Waals surface area (Å²) in [6.45, 7) is 7.27. The number of nitrogens with zero attached hydrogens (tertiary/aromatic N) is 1. The average Bonchev–Trinajstić information content (AvgIpc) is 3.20. The zero-order valence-corrected chi connectivity index (χ0v) is 11.9. The Bertz CT molecular complexity index is 301. The smallest absolute Gasteiger partial charge is 0.0628 e. The molecule has 0 radical (unpaired) electrons. The van der Waals surface area contributed by atoms with E-state index in [-0.39, 0.29) is 5.54 Å². The number of likely N-dealkylation sites (tertiary alicyclic amines) is 1. The molecule has 0 bridgehead atoms. The first kappa shape index (κ1) is 12.9. The summed E-state index contributed by atoms with van der Waals surface area (Å²) in [5, 5.41) is 13.8. The van der Waals surface area contributed by atoms with Gasteiger partial charge >= 0.3 is 0 Å². The molecule has 3 heteroatoms. The summed E-state index contributed by atoms with van der Waals surface area (Å²) in [6.07, 6.45) is 6.53. The van der Waals surface area contributed by atoms with Crippen molar-refractivity contribution in [1.82, 2.24) is 10.2 Å². The highest BCUT2D eigenvalue weighted by atomic mass is 16.3. The summed E-state index contributed by atoms with van der Waals surface area (Å²) >= 11 is 0. The molecule has 3 fully saturated rings. The van der Waals surface area contributed by atoms with Crippen molar-refractivity contribution in [2.75, 3.05) is 19.7 Å². The zero-order valence-electron chi connectivity index (χ0n) is 11.9. The lowest BCUT2D eigenvalue weighted by atomic mass is 9.92. The number of aliphatic hydroxyl groups is 1. The Hall–Kier alpha value is -0.120. The summed E-state index contributed by atoms with van der Waals surface area (Å²) in [5.74, 6) is 1.53. The van der Waals surface area contributed by atoms with Crippen LogP contribution in [0.15, 0.2) is 0 Å². The Labute approximate surface area is 111 Å². The summed E-state index contributed by atoms with van der Waals surface area (Å²) in [6, 6.07) is 1.37.